The van der Waals surface area contributed by atoms with Crippen LogP contribution in [0.3, 0.4) is 0 Å². The molecule has 1 fully saturated rings. The van der Waals surface area contributed by atoms with Gasteiger partial charge < -0.3 is 15.2 Å². The largest absolute Gasteiger partial charge is 0.360 e. The molecule has 0 spiro atoms. The molecular formula is C13H22ClN3O2. The first kappa shape index (κ1) is 16.0. The van der Waals surface area contributed by atoms with E-state index in [-0.39, 0.29) is 24.4 Å². The second-order valence-corrected chi connectivity index (χ2v) is 5.10. The van der Waals surface area contributed by atoms with E-state index < -0.39 is 0 Å². The number of carbonyl (C=O) groups is 1. The molecule has 1 aliphatic heterocycles. The summed E-state index contributed by atoms with van der Waals surface area (Å²) >= 11 is 0. The number of aromatic nitrogens is 1. The zero-order valence-corrected chi connectivity index (χ0v) is 12.5. The number of nitrogens with two attached hydrogens (primary N) is 1. The summed E-state index contributed by atoms with van der Waals surface area (Å²) in [6.45, 7) is 7.30. The molecule has 2 atom stereocenters. The monoisotopic (exact) mass is 287 g/mol. The van der Waals surface area contributed by atoms with Crippen LogP contribution in [-0.4, -0.2) is 35.1 Å². The van der Waals surface area contributed by atoms with Crippen LogP contribution in [0, 0.1) is 12.8 Å². The minimum Gasteiger partial charge on any atom is -0.360 e. The molecule has 1 aromatic rings. The minimum absolute atomic E-state index is 0. The smallest absolute Gasteiger partial charge is 0.259 e. The normalized spacial score (nSPS) is 23.1. The van der Waals surface area contributed by atoms with Crippen LogP contribution in [0.5, 0.6) is 0 Å². The summed E-state index contributed by atoms with van der Waals surface area (Å²) in [5, 5.41) is 3.89. The molecule has 2 rings (SSSR count). The third kappa shape index (κ3) is 3.09. The van der Waals surface area contributed by atoms with E-state index in [1.54, 1.807) is 0 Å². The van der Waals surface area contributed by atoms with Crippen molar-refractivity contribution >= 4 is 18.3 Å². The van der Waals surface area contributed by atoms with Gasteiger partial charge >= 0.3 is 0 Å². The average molecular weight is 288 g/mol. The van der Waals surface area contributed by atoms with Crippen molar-refractivity contribution in [3.05, 3.63) is 17.0 Å². The highest BCUT2D eigenvalue weighted by Gasteiger charge is 2.30. The summed E-state index contributed by atoms with van der Waals surface area (Å²) in [7, 11) is 0. The fourth-order valence-electron chi connectivity index (χ4n) is 2.44. The summed E-state index contributed by atoms with van der Waals surface area (Å²) in [6.07, 6.45) is 1.55. The fraction of sp³-hybridized carbons (Fsp3) is 0.692. The highest BCUT2D eigenvalue weighted by Crippen LogP contribution is 2.21. The van der Waals surface area contributed by atoms with Crippen molar-refractivity contribution in [1.82, 2.24) is 10.1 Å². The van der Waals surface area contributed by atoms with Crippen LogP contribution in [0.15, 0.2) is 4.52 Å². The minimum atomic E-state index is 0. The van der Waals surface area contributed by atoms with Crippen molar-refractivity contribution in [2.45, 2.75) is 39.7 Å². The van der Waals surface area contributed by atoms with Crippen LogP contribution in [0.4, 0.5) is 0 Å². The lowest BCUT2D eigenvalue weighted by Gasteiger charge is -2.35. The number of rotatable bonds is 2. The zero-order valence-electron chi connectivity index (χ0n) is 11.7. The molecule has 1 amide bonds. The number of amides is 1. The van der Waals surface area contributed by atoms with Crippen molar-refractivity contribution in [2.75, 3.05) is 13.1 Å². The Morgan fingerprint density at radius 1 is 1.58 bits per heavy atom. The average Bonchev–Trinajstić information content (AvgIpc) is 2.73. The summed E-state index contributed by atoms with van der Waals surface area (Å²) in [6, 6.07) is 0.197. The molecular weight excluding hydrogens is 266 g/mol. The molecule has 6 heteroatoms. The number of halogens is 1. The van der Waals surface area contributed by atoms with Crippen molar-refractivity contribution in [3.63, 3.8) is 0 Å². The highest BCUT2D eigenvalue weighted by molar-refractivity contribution is 5.96. The molecule has 1 aromatic heterocycles. The van der Waals surface area contributed by atoms with E-state index >= 15 is 0 Å². The maximum Gasteiger partial charge on any atom is 0.259 e. The second kappa shape index (κ2) is 6.39. The van der Waals surface area contributed by atoms with Gasteiger partial charge in [-0.25, -0.2) is 0 Å². The Hall–Kier alpha value is -1.07. The third-order valence-corrected chi connectivity index (χ3v) is 3.73. The van der Waals surface area contributed by atoms with Gasteiger partial charge in [0.1, 0.15) is 11.3 Å². The number of likely N-dealkylation sites (tertiary alicyclic amines) is 1. The molecule has 108 valence electrons. The van der Waals surface area contributed by atoms with Gasteiger partial charge in [-0.15, -0.1) is 12.4 Å². The molecule has 0 bridgehead atoms. The number of aryl methyl sites for hydroxylation is 2. The Balaban J connectivity index is 0.00000180. The van der Waals surface area contributed by atoms with E-state index in [1.165, 1.54) is 0 Å². The molecule has 2 heterocycles. The van der Waals surface area contributed by atoms with E-state index in [0.29, 0.717) is 35.9 Å². The summed E-state index contributed by atoms with van der Waals surface area (Å²) < 4.78 is 5.18. The van der Waals surface area contributed by atoms with Gasteiger partial charge in [-0.05, 0) is 19.3 Å². The molecule has 5 nitrogen and oxygen atoms in total. The summed E-state index contributed by atoms with van der Waals surface area (Å²) in [5.74, 6) is 1.05. The van der Waals surface area contributed by atoms with Crippen LogP contribution in [0.2, 0.25) is 0 Å². The standard InChI is InChI=1S/C13H21N3O2.ClH/c1-4-11-12(9(3)15-18-11)13(17)16-6-5-10(14)8(2)7-16;/h8,10H,4-7,14H2,1-3H3;1H. The molecule has 2 N–H and O–H groups in total. The lowest BCUT2D eigenvalue weighted by atomic mass is 9.94. The van der Waals surface area contributed by atoms with Crippen LogP contribution in [-0.2, 0) is 6.42 Å². The van der Waals surface area contributed by atoms with Gasteiger partial charge in [0.2, 0.25) is 0 Å². The number of piperidine rings is 1. The van der Waals surface area contributed by atoms with Crippen molar-refractivity contribution in [3.8, 4) is 0 Å². The van der Waals surface area contributed by atoms with Gasteiger partial charge in [0.15, 0.2) is 0 Å². The SMILES string of the molecule is CCc1onc(C)c1C(=O)N1CCC(N)C(C)C1.Cl. The molecule has 0 radical (unpaired) electrons. The van der Waals surface area contributed by atoms with Gasteiger partial charge in [-0.1, -0.05) is 19.0 Å². The van der Waals surface area contributed by atoms with Crippen LogP contribution >= 0.6 is 12.4 Å². The van der Waals surface area contributed by atoms with Crippen molar-refractivity contribution in [1.29, 1.82) is 0 Å². The Bertz CT molecular complexity index is 447. The van der Waals surface area contributed by atoms with E-state index in [1.807, 2.05) is 18.7 Å². The molecule has 0 aromatic carbocycles. The molecule has 1 aliphatic rings. The van der Waals surface area contributed by atoms with E-state index in [9.17, 15) is 4.79 Å². The van der Waals surface area contributed by atoms with Gasteiger partial charge in [0.25, 0.3) is 5.91 Å². The lowest BCUT2D eigenvalue weighted by Crippen LogP contribution is -2.48. The summed E-state index contributed by atoms with van der Waals surface area (Å²) in [4.78, 5) is 14.4. The van der Waals surface area contributed by atoms with E-state index in [4.69, 9.17) is 10.3 Å². The Morgan fingerprint density at radius 3 is 2.84 bits per heavy atom. The van der Waals surface area contributed by atoms with E-state index in [0.717, 1.165) is 13.0 Å². The topological polar surface area (TPSA) is 72.4 Å². The number of carbonyl (C=O) groups excluding carboxylic acids is 1. The zero-order chi connectivity index (χ0) is 13.3. The number of nitrogens with zero attached hydrogens (tertiary/aromatic N) is 2. The highest BCUT2D eigenvalue weighted by atomic mass is 35.5. The second-order valence-electron chi connectivity index (χ2n) is 5.10. The molecule has 1 saturated heterocycles. The first-order chi connectivity index (χ1) is 8.54. The Kier molecular flexibility index (Phi) is 5.38. The maximum absolute atomic E-state index is 12.5. The summed E-state index contributed by atoms with van der Waals surface area (Å²) in [5.41, 5.74) is 7.30. The van der Waals surface area contributed by atoms with Crippen LogP contribution in [0.25, 0.3) is 0 Å². The number of hydrogen-bond acceptors (Lipinski definition) is 4. The van der Waals surface area contributed by atoms with Crippen LogP contribution < -0.4 is 5.73 Å². The fourth-order valence-corrected chi connectivity index (χ4v) is 2.44. The molecule has 0 aliphatic carbocycles. The maximum atomic E-state index is 12.5. The predicted octanol–water partition coefficient (Wildman–Crippen LogP) is 1.78. The Morgan fingerprint density at radius 2 is 2.26 bits per heavy atom. The predicted molar refractivity (Wildman–Crippen MR) is 75.5 cm³/mol. The van der Waals surface area contributed by atoms with E-state index in [2.05, 4.69) is 12.1 Å². The van der Waals surface area contributed by atoms with Crippen LogP contribution in [0.1, 0.15) is 42.1 Å². The third-order valence-electron chi connectivity index (χ3n) is 3.73. The van der Waals surface area contributed by atoms with Gasteiger partial charge in [0, 0.05) is 25.6 Å². The first-order valence-corrected chi connectivity index (χ1v) is 6.54. The van der Waals surface area contributed by atoms with Gasteiger partial charge in [-0.3, -0.25) is 4.79 Å². The van der Waals surface area contributed by atoms with Crippen molar-refractivity contribution < 1.29 is 9.32 Å². The molecule has 19 heavy (non-hydrogen) atoms. The molecule has 0 saturated carbocycles. The van der Waals surface area contributed by atoms with Gasteiger partial charge in [-0.2, -0.15) is 0 Å². The van der Waals surface area contributed by atoms with Crippen molar-refractivity contribution in [2.24, 2.45) is 11.7 Å². The number of hydrogen-bond donors (Lipinski definition) is 1. The lowest BCUT2D eigenvalue weighted by molar-refractivity contribution is 0.0661. The quantitative estimate of drug-likeness (QED) is 0.900. The first-order valence-electron chi connectivity index (χ1n) is 6.54. The Labute approximate surface area is 119 Å². The molecule has 2 unspecified atom stereocenters. The van der Waals surface area contributed by atoms with Gasteiger partial charge in [0.05, 0.1) is 5.69 Å².